The third-order valence-electron chi connectivity index (χ3n) is 4.36. The van der Waals surface area contributed by atoms with Crippen molar-refractivity contribution < 1.29 is 13.5 Å². The van der Waals surface area contributed by atoms with E-state index in [1.165, 1.54) is 12.1 Å². The van der Waals surface area contributed by atoms with Gasteiger partial charge in [-0.05, 0) is 25.1 Å². The van der Waals surface area contributed by atoms with E-state index in [1.54, 1.807) is 0 Å². The second-order valence-electron chi connectivity index (χ2n) is 5.39. The van der Waals surface area contributed by atoms with E-state index in [2.05, 4.69) is 26.1 Å². The fourth-order valence-corrected chi connectivity index (χ4v) is 2.76. The van der Waals surface area contributed by atoms with Gasteiger partial charge in [0.25, 0.3) is 0 Å². The first-order valence-corrected chi connectivity index (χ1v) is 6.86. The van der Waals surface area contributed by atoms with E-state index < -0.39 is 11.6 Å². The predicted octanol–water partition coefficient (Wildman–Crippen LogP) is 3.51. The lowest BCUT2D eigenvalue weighted by Crippen LogP contribution is -2.63. The molecule has 0 spiro atoms. The Morgan fingerprint density at radius 3 is 2.68 bits per heavy atom. The third kappa shape index (κ3) is 2.59. The number of ether oxygens (including phenoxy) is 1. The lowest BCUT2D eigenvalue weighted by Gasteiger charge is -2.53. The van der Waals surface area contributed by atoms with Gasteiger partial charge in [0.2, 0.25) is 0 Å². The molecule has 1 aliphatic rings. The summed E-state index contributed by atoms with van der Waals surface area (Å²) in [7, 11) is 0. The monoisotopic (exact) mass is 269 g/mol. The molecule has 0 aromatic heterocycles. The fourth-order valence-electron chi connectivity index (χ4n) is 2.76. The molecule has 0 aliphatic heterocycles. The molecule has 106 valence electrons. The van der Waals surface area contributed by atoms with Crippen LogP contribution in [0.3, 0.4) is 0 Å². The van der Waals surface area contributed by atoms with Crippen molar-refractivity contribution in [2.45, 2.75) is 45.8 Å². The van der Waals surface area contributed by atoms with Crippen molar-refractivity contribution in [3.8, 4) is 5.75 Å². The summed E-state index contributed by atoms with van der Waals surface area (Å²) in [5.74, 6) is -1.08. The van der Waals surface area contributed by atoms with Crippen molar-refractivity contribution >= 4 is 0 Å². The van der Waals surface area contributed by atoms with Crippen molar-refractivity contribution in [1.29, 1.82) is 0 Å². The van der Waals surface area contributed by atoms with E-state index >= 15 is 0 Å². The van der Waals surface area contributed by atoms with Gasteiger partial charge >= 0.3 is 0 Å². The molecule has 0 bridgehead atoms. The summed E-state index contributed by atoms with van der Waals surface area (Å²) >= 11 is 0. The van der Waals surface area contributed by atoms with Gasteiger partial charge in [0.15, 0.2) is 11.6 Å². The third-order valence-corrected chi connectivity index (χ3v) is 4.36. The topological polar surface area (TPSA) is 21.3 Å². The van der Waals surface area contributed by atoms with E-state index in [9.17, 15) is 8.78 Å². The van der Waals surface area contributed by atoms with Crippen LogP contribution in [0.5, 0.6) is 5.75 Å². The Hall–Kier alpha value is -1.16. The van der Waals surface area contributed by atoms with Crippen LogP contribution >= 0.6 is 0 Å². The zero-order chi connectivity index (χ0) is 14.0. The van der Waals surface area contributed by atoms with Gasteiger partial charge in [0, 0.05) is 23.9 Å². The maximum atomic E-state index is 13.6. The average Bonchev–Trinajstić information content (AvgIpc) is 2.39. The second kappa shape index (κ2) is 5.45. The molecule has 0 saturated heterocycles. The molecule has 1 fully saturated rings. The number of nitrogens with one attached hydrogen (secondary N) is 1. The molecule has 0 amide bonds. The summed E-state index contributed by atoms with van der Waals surface area (Å²) in [5.41, 5.74) is -0.00314. The van der Waals surface area contributed by atoms with Crippen molar-refractivity contribution in [2.75, 3.05) is 6.54 Å². The van der Waals surface area contributed by atoms with Crippen molar-refractivity contribution in [3.63, 3.8) is 0 Å². The van der Waals surface area contributed by atoms with Gasteiger partial charge in [0.05, 0.1) is 0 Å². The number of benzene rings is 1. The number of hydrogen-bond donors (Lipinski definition) is 1. The van der Waals surface area contributed by atoms with Crippen LogP contribution in [0.15, 0.2) is 18.2 Å². The largest absolute Gasteiger partial charge is 0.487 e. The van der Waals surface area contributed by atoms with Crippen LogP contribution in [0, 0.1) is 17.0 Å². The molecule has 4 heteroatoms. The maximum Gasteiger partial charge on any atom is 0.167 e. The van der Waals surface area contributed by atoms with Gasteiger partial charge in [-0.25, -0.2) is 8.78 Å². The Labute approximate surface area is 113 Å². The maximum absolute atomic E-state index is 13.6. The Kier molecular flexibility index (Phi) is 4.09. The zero-order valence-electron chi connectivity index (χ0n) is 11.7. The molecule has 2 nitrogen and oxygen atoms in total. The van der Waals surface area contributed by atoms with Crippen LogP contribution in [0.25, 0.3) is 0 Å². The average molecular weight is 269 g/mol. The highest BCUT2D eigenvalue weighted by Crippen LogP contribution is 2.46. The SMILES string of the molecule is CCNC1CC(Oc2ccc(F)cc2F)C1(C)CC. The van der Waals surface area contributed by atoms with Gasteiger partial charge < -0.3 is 10.1 Å². The minimum Gasteiger partial charge on any atom is -0.487 e. The molecule has 3 atom stereocenters. The lowest BCUT2D eigenvalue weighted by molar-refractivity contribution is -0.0712. The Bertz CT molecular complexity index is 452. The molecule has 1 aromatic rings. The van der Waals surface area contributed by atoms with E-state index in [1.807, 2.05) is 0 Å². The van der Waals surface area contributed by atoms with Crippen LogP contribution in [0.1, 0.15) is 33.6 Å². The molecule has 1 N–H and O–H groups in total. The zero-order valence-corrected chi connectivity index (χ0v) is 11.7. The Balaban J connectivity index is 2.08. The van der Waals surface area contributed by atoms with Crippen LogP contribution in [-0.4, -0.2) is 18.7 Å². The van der Waals surface area contributed by atoms with Gasteiger partial charge in [-0.15, -0.1) is 0 Å². The van der Waals surface area contributed by atoms with Gasteiger partial charge in [-0.2, -0.15) is 0 Å². The van der Waals surface area contributed by atoms with Crippen molar-refractivity contribution in [1.82, 2.24) is 5.32 Å². The predicted molar refractivity (Wildman–Crippen MR) is 71.3 cm³/mol. The van der Waals surface area contributed by atoms with Crippen LogP contribution < -0.4 is 10.1 Å². The van der Waals surface area contributed by atoms with Crippen molar-refractivity contribution in [3.05, 3.63) is 29.8 Å². The fraction of sp³-hybridized carbons (Fsp3) is 0.600. The smallest absolute Gasteiger partial charge is 0.167 e. The Morgan fingerprint density at radius 1 is 1.37 bits per heavy atom. The van der Waals surface area contributed by atoms with Gasteiger partial charge in [-0.1, -0.05) is 20.8 Å². The number of rotatable bonds is 5. The molecule has 0 heterocycles. The minimum absolute atomic E-state index is 0.00314. The normalized spacial score (nSPS) is 29.9. The van der Waals surface area contributed by atoms with Crippen molar-refractivity contribution in [2.24, 2.45) is 5.41 Å². The molecule has 19 heavy (non-hydrogen) atoms. The van der Waals surface area contributed by atoms with E-state index in [4.69, 9.17) is 4.74 Å². The number of halogens is 2. The van der Waals surface area contributed by atoms with Crippen LogP contribution in [0.2, 0.25) is 0 Å². The summed E-state index contributed by atoms with van der Waals surface area (Å²) in [6.45, 7) is 7.25. The van der Waals surface area contributed by atoms with Gasteiger partial charge in [-0.3, -0.25) is 0 Å². The minimum atomic E-state index is -0.634. The lowest BCUT2D eigenvalue weighted by atomic mass is 9.61. The molecule has 0 radical (unpaired) electrons. The second-order valence-corrected chi connectivity index (χ2v) is 5.39. The quantitative estimate of drug-likeness (QED) is 0.883. The first-order chi connectivity index (χ1) is 9.01. The highest BCUT2D eigenvalue weighted by atomic mass is 19.1. The highest BCUT2D eigenvalue weighted by molar-refractivity contribution is 5.26. The summed E-state index contributed by atoms with van der Waals surface area (Å²) in [4.78, 5) is 0. The molecule has 1 saturated carbocycles. The first-order valence-electron chi connectivity index (χ1n) is 6.86. The Morgan fingerprint density at radius 2 is 2.11 bits per heavy atom. The molecule has 1 aliphatic carbocycles. The summed E-state index contributed by atoms with van der Waals surface area (Å²) in [6, 6.07) is 3.85. The molecular weight excluding hydrogens is 248 g/mol. The molecular formula is C15H21F2NO. The van der Waals surface area contributed by atoms with E-state index in [0.29, 0.717) is 6.04 Å². The van der Waals surface area contributed by atoms with E-state index in [0.717, 1.165) is 25.5 Å². The molecule has 1 aromatic carbocycles. The van der Waals surface area contributed by atoms with Crippen LogP contribution in [0.4, 0.5) is 8.78 Å². The molecule has 3 unspecified atom stereocenters. The van der Waals surface area contributed by atoms with Gasteiger partial charge in [0.1, 0.15) is 11.9 Å². The molecule has 2 rings (SSSR count). The highest BCUT2D eigenvalue weighted by Gasteiger charge is 2.51. The standard InChI is InChI=1S/C15H21F2NO/c1-4-15(3)13(18-5-2)9-14(15)19-12-7-6-10(16)8-11(12)17/h6-8,13-14,18H,4-5,9H2,1-3H3. The van der Waals surface area contributed by atoms with Crippen LogP contribution in [-0.2, 0) is 0 Å². The first kappa shape index (κ1) is 14.3. The van der Waals surface area contributed by atoms with E-state index in [-0.39, 0.29) is 17.3 Å². The number of hydrogen-bond acceptors (Lipinski definition) is 2. The summed E-state index contributed by atoms with van der Waals surface area (Å²) in [5, 5.41) is 3.43. The summed E-state index contributed by atoms with van der Waals surface area (Å²) < 4.78 is 32.2. The summed E-state index contributed by atoms with van der Waals surface area (Å²) in [6.07, 6.45) is 1.79.